The van der Waals surface area contributed by atoms with Crippen molar-refractivity contribution < 1.29 is 9.59 Å². The van der Waals surface area contributed by atoms with E-state index in [0.717, 1.165) is 11.4 Å². The molecule has 0 spiro atoms. The van der Waals surface area contributed by atoms with E-state index < -0.39 is 0 Å². The fourth-order valence-corrected chi connectivity index (χ4v) is 3.21. The van der Waals surface area contributed by atoms with Crippen molar-refractivity contribution in [3.05, 3.63) is 40.4 Å². The van der Waals surface area contributed by atoms with Crippen LogP contribution in [0.5, 0.6) is 0 Å². The Morgan fingerprint density at radius 1 is 1.39 bits per heavy atom. The zero-order valence-electron chi connectivity index (χ0n) is 12.4. The van der Waals surface area contributed by atoms with Crippen LogP contribution >= 0.6 is 22.9 Å². The molecule has 1 aliphatic heterocycles. The second-order valence-corrected chi connectivity index (χ2v) is 6.57. The van der Waals surface area contributed by atoms with E-state index in [9.17, 15) is 9.59 Å². The molecule has 2 heterocycles. The molecule has 23 heavy (non-hydrogen) atoms. The van der Waals surface area contributed by atoms with Crippen molar-refractivity contribution in [2.45, 2.75) is 19.4 Å². The molecule has 2 N–H and O–H groups in total. The fourth-order valence-electron chi connectivity index (χ4n) is 2.40. The normalized spacial score (nSPS) is 17.4. The Bertz CT molecular complexity index is 731. The van der Waals surface area contributed by atoms with Crippen molar-refractivity contribution in [1.82, 2.24) is 10.3 Å². The highest BCUT2D eigenvalue weighted by molar-refractivity contribution is 7.13. The van der Waals surface area contributed by atoms with Gasteiger partial charge in [-0.05, 0) is 31.2 Å². The molecule has 3 amide bonds. The summed E-state index contributed by atoms with van der Waals surface area (Å²) in [6.07, 6.45) is 0.271. The van der Waals surface area contributed by atoms with Crippen molar-refractivity contribution in [2.24, 2.45) is 0 Å². The lowest BCUT2D eigenvalue weighted by molar-refractivity contribution is -0.117. The number of halogens is 1. The number of aromatic nitrogens is 1. The Kier molecular flexibility index (Phi) is 4.49. The highest BCUT2D eigenvalue weighted by Gasteiger charge is 2.31. The van der Waals surface area contributed by atoms with Gasteiger partial charge in [-0.25, -0.2) is 9.78 Å². The maximum atomic E-state index is 12.1. The minimum absolute atomic E-state index is 0.0253. The van der Waals surface area contributed by atoms with Crippen LogP contribution in [0.4, 0.5) is 15.6 Å². The number of hydrogen-bond acceptors (Lipinski definition) is 4. The average molecular weight is 351 g/mol. The number of rotatable bonds is 3. The number of carbonyl (C=O) groups excluding carboxylic acids is 2. The molecule has 0 saturated carbocycles. The van der Waals surface area contributed by atoms with Crippen LogP contribution in [0.15, 0.2) is 29.6 Å². The molecule has 1 fully saturated rings. The molecule has 1 atom stereocenters. The van der Waals surface area contributed by atoms with Crippen LogP contribution in [0.25, 0.3) is 0 Å². The topological polar surface area (TPSA) is 74.3 Å². The molecular formula is C15H15ClN4O2S. The average Bonchev–Trinajstić information content (AvgIpc) is 3.06. The third kappa shape index (κ3) is 3.80. The van der Waals surface area contributed by atoms with E-state index in [1.165, 1.54) is 11.3 Å². The maximum Gasteiger partial charge on any atom is 0.321 e. The van der Waals surface area contributed by atoms with E-state index in [1.807, 2.05) is 12.3 Å². The smallest absolute Gasteiger partial charge is 0.321 e. The molecule has 0 unspecified atom stereocenters. The predicted molar refractivity (Wildman–Crippen MR) is 91.2 cm³/mol. The molecule has 0 bridgehead atoms. The summed E-state index contributed by atoms with van der Waals surface area (Å²) in [4.78, 5) is 29.9. The Labute approximate surface area is 142 Å². The second-order valence-electron chi connectivity index (χ2n) is 5.27. The van der Waals surface area contributed by atoms with Gasteiger partial charge in [0.05, 0.1) is 11.7 Å². The molecule has 2 aromatic rings. The zero-order chi connectivity index (χ0) is 16.4. The van der Waals surface area contributed by atoms with Gasteiger partial charge in [-0.3, -0.25) is 10.1 Å². The van der Waals surface area contributed by atoms with Crippen molar-refractivity contribution in [1.29, 1.82) is 0 Å². The van der Waals surface area contributed by atoms with Crippen molar-refractivity contribution >= 4 is 45.7 Å². The first-order chi connectivity index (χ1) is 11.0. The first-order valence-corrected chi connectivity index (χ1v) is 8.32. The SMILES string of the molecule is Cc1csc(NC(=O)N[C@@H]2CC(=O)N(c3ccc(Cl)cc3)C2)n1. The number of hydrogen-bond donors (Lipinski definition) is 2. The quantitative estimate of drug-likeness (QED) is 0.893. The first-order valence-electron chi connectivity index (χ1n) is 7.07. The Morgan fingerprint density at radius 2 is 2.13 bits per heavy atom. The van der Waals surface area contributed by atoms with Crippen molar-refractivity contribution in [3.8, 4) is 0 Å². The zero-order valence-corrected chi connectivity index (χ0v) is 13.9. The van der Waals surface area contributed by atoms with E-state index in [0.29, 0.717) is 16.7 Å². The minimum atomic E-state index is -0.352. The lowest BCUT2D eigenvalue weighted by Gasteiger charge is -2.17. The molecule has 120 valence electrons. The van der Waals surface area contributed by atoms with Gasteiger partial charge in [0.15, 0.2) is 5.13 Å². The third-order valence-corrected chi connectivity index (χ3v) is 4.57. The van der Waals surface area contributed by atoms with E-state index in [2.05, 4.69) is 15.6 Å². The molecule has 1 aromatic carbocycles. The Morgan fingerprint density at radius 3 is 2.78 bits per heavy atom. The summed E-state index contributed by atoms with van der Waals surface area (Å²) in [7, 11) is 0. The van der Waals surface area contributed by atoms with Gasteiger partial charge in [-0.2, -0.15) is 0 Å². The van der Waals surface area contributed by atoms with Crippen molar-refractivity contribution in [2.75, 3.05) is 16.8 Å². The number of nitrogens with zero attached hydrogens (tertiary/aromatic N) is 2. The highest BCUT2D eigenvalue weighted by Crippen LogP contribution is 2.23. The summed E-state index contributed by atoms with van der Waals surface area (Å²) < 4.78 is 0. The number of benzene rings is 1. The maximum absolute atomic E-state index is 12.1. The largest absolute Gasteiger partial charge is 0.333 e. The van der Waals surface area contributed by atoms with Crippen LogP contribution < -0.4 is 15.5 Å². The van der Waals surface area contributed by atoms with Gasteiger partial charge in [0, 0.05) is 29.1 Å². The number of amides is 3. The second kappa shape index (κ2) is 6.55. The molecule has 1 saturated heterocycles. The van der Waals surface area contributed by atoms with E-state index in [4.69, 9.17) is 11.6 Å². The van der Waals surface area contributed by atoms with Gasteiger partial charge in [0.2, 0.25) is 5.91 Å². The summed E-state index contributed by atoms with van der Waals surface area (Å²) >= 11 is 7.22. The van der Waals surface area contributed by atoms with Gasteiger partial charge < -0.3 is 10.2 Å². The fraction of sp³-hybridized carbons (Fsp3) is 0.267. The van der Waals surface area contributed by atoms with E-state index >= 15 is 0 Å². The number of nitrogens with one attached hydrogen (secondary N) is 2. The van der Waals surface area contributed by atoms with Gasteiger partial charge in [0.1, 0.15) is 0 Å². The van der Waals surface area contributed by atoms with Gasteiger partial charge in [0.25, 0.3) is 0 Å². The monoisotopic (exact) mass is 350 g/mol. The molecule has 0 aliphatic carbocycles. The number of thiazole rings is 1. The minimum Gasteiger partial charge on any atom is -0.333 e. The summed E-state index contributed by atoms with van der Waals surface area (Å²) in [5, 5.41) is 8.50. The standard InChI is InChI=1S/C15H15ClN4O2S/c1-9-8-23-15(17-9)19-14(22)18-11-6-13(21)20(7-11)12-4-2-10(16)3-5-12/h2-5,8,11H,6-7H2,1H3,(H2,17,18,19,22)/t11-/m1/s1. The van der Waals surface area contributed by atoms with Gasteiger partial charge in [-0.15, -0.1) is 11.3 Å². The third-order valence-electron chi connectivity index (χ3n) is 3.44. The van der Waals surface area contributed by atoms with Crippen molar-refractivity contribution in [3.63, 3.8) is 0 Å². The number of urea groups is 1. The predicted octanol–water partition coefficient (Wildman–Crippen LogP) is 3.03. The number of aryl methyl sites for hydroxylation is 1. The molecular weight excluding hydrogens is 336 g/mol. The highest BCUT2D eigenvalue weighted by atomic mass is 35.5. The Hall–Kier alpha value is -2.12. The van der Waals surface area contributed by atoms with Crippen LogP contribution in [0, 0.1) is 6.92 Å². The molecule has 3 rings (SSSR count). The molecule has 0 radical (unpaired) electrons. The molecule has 1 aromatic heterocycles. The van der Waals surface area contributed by atoms with E-state index in [1.54, 1.807) is 29.2 Å². The van der Waals surface area contributed by atoms with Gasteiger partial charge >= 0.3 is 6.03 Å². The van der Waals surface area contributed by atoms with Crippen LogP contribution in [-0.4, -0.2) is 29.5 Å². The van der Waals surface area contributed by atoms with Crippen LogP contribution in [-0.2, 0) is 4.79 Å². The number of carbonyl (C=O) groups is 2. The molecule has 8 heteroatoms. The molecule has 1 aliphatic rings. The lowest BCUT2D eigenvalue weighted by Crippen LogP contribution is -2.39. The summed E-state index contributed by atoms with van der Waals surface area (Å²) in [5.74, 6) is -0.0253. The van der Waals surface area contributed by atoms with Crippen LogP contribution in [0.1, 0.15) is 12.1 Å². The first kappa shape index (κ1) is 15.8. The molecule has 6 nitrogen and oxygen atoms in total. The van der Waals surface area contributed by atoms with Crippen LogP contribution in [0.2, 0.25) is 5.02 Å². The lowest BCUT2D eigenvalue weighted by atomic mass is 10.2. The van der Waals surface area contributed by atoms with E-state index in [-0.39, 0.29) is 24.4 Å². The summed E-state index contributed by atoms with van der Waals surface area (Å²) in [6, 6.07) is 6.47. The summed E-state index contributed by atoms with van der Waals surface area (Å²) in [6.45, 7) is 2.30. The number of anilines is 2. The van der Waals surface area contributed by atoms with Crippen LogP contribution in [0.3, 0.4) is 0 Å². The summed E-state index contributed by atoms with van der Waals surface area (Å²) in [5.41, 5.74) is 1.63. The Balaban J connectivity index is 1.59. The van der Waals surface area contributed by atoms with Gasteiger partial charge in [-0.1, -0.05) is 11.6 Å².